The number of thiophene rings is 8. The van der Waals surface area contributed by atoms with Crippen LogP contribution in [0.5, 0.6) is 0 Å². The Kier molecular flexibility index (Phi) is 4.47. The maximum Gasteiger partial charge on any atom is 0.178 e. The normalized spacial score (nSPS) is 13.0. The third kappa shape index (κ3) is 2.96. The van der Waals surface area contributed by atoms with Crippen LogP contribution in [0.25, 0.3) is 85.8 Å². The lowest BCUT2D eigenvalue weighted by Crippen LogP contribution is -1.67. The first kappa shape index (κ1) is 22.3. The van der Waals surface area contributed by atoms with Gasteiger partial charge in [-0.1, -0.05) is 22.7 Å². The molecule has 0 atom stereocenters. The molecule has 0 aliphatic heterocycles. The lowest BCUT2D eigenvalue weighted by Gasteiger charge is -1.89. The second-order valence-corrected chi connectivity index (χ2v) is 18.7. The molecule has 10 aromatic heterocycles. The lowest BCUT2D eigenvalue weighted by molar-refractivity contribution is 0.658. The lowest BCUT2D eigenvalue weighted by atomic mass is 10.4. The molecule has 0 unspecified atom stereocenters. The average molecular weight is 679 g/mol. The first-order valence-electron chi connectivity index (χ1n) is 10.9. The number of halogens is 2. The van der Waals surface area contributed by atoms with E-state index in [1.807, 2.05) is 0 Å². The summed E-state index contributed by atoms with van der Waals surface area (Å²) in [5.41, 5.74) is 0. The molecule has 0 aromatic carbocycles. The van der Waals surface area contributed by atoms with Gasteiger partial charge in [0.2, 0.25) is 0 Å². The number of fused-ring (bicyclic) bond motifs is 11. The van der Waals surface area contributed by atoms with Gasteiger partial charge in [-0.3, -0.25) is 0 Å². The van der Waals surface area contributed by atoms with Crippen LogP contribution >= 0.6 is 113 Å². The zero-order chi connectivity index (χ0) is 24.9. The van der Waals surface area contributed by atoms with Crippen molar-refractivity contribution in [3.05, 3.63) is 34.5 Å². The van der Waals surface area contributed by atoms with Crippen LogP contribution in [-0.4, -0.2) is 9.97 Å². The van der Waals surface area contributed by atoms with Crippen LogP contribution in [0.4, 0.5) is 8.78 Å². The molecule has 0 radical (unpaired) electrons. The van der Waals surface area contributed by atoms with Crippen molar-refractivity contribution in [2.45, 2.75) is 0 Å². The molecule has 14 heteroatoms. The Morgan fingerprint density at radius 2 is 0.763 bits per heavy atom. The molecule has 10 heterocycles. The Morgan fingerprint density at radius 1 is 0.395 bits per heavy atom. The summed E-state index contributed by atoms with van der Waals surface area (Å²) in [5.74, 6) is 0. The minimum atomic E-state index is -0.112. The van der Waals surface area contributed by atoms with Crippen molar-refractivity contribution in [1.82, 2.24) is 9.97 Å². The summed E-state index contributed by atoms with van der Waals surface area (Å²) in [6.45, 7) is 0. The maximum atomic E-state index is 13.7. The third-order valence-electron chi connectivity index (χ3n) is 6.21. The van der Waals surface area contributed by atoms with Gasteiger partial charge in [0, 0.05) is 21.5 Å². The van der Waals surface area contributed by atoms with E-state index in [4.69, 9.17) is 9.97 Å². The predicted molar refractivity (Wildman–Crippen MR) is 174 cm³/mol. The molecule has 0 aliphatic carbocycles. The van der Waals surface area contributed by atoms with E-state index in [1.165, 1.54) is 70.0 Å². The van der Waals surface area contributed by atoms with Gasteiger partial charge in [0.1, 0.15) is 10.0 Å². The van der Waals surface area contributed by atoms with Crippen molar-refractivity contribution in [2.75, 3.05) is 0 Å². The topological polar surface area (TPSA) is 25.8 Å². The van der Waals surface area contributed by atoms with E-state index in [0.717, 1.165) is 38.5 Å². The number of thiazole rings is 2. The summed E-state index contributed by atoms with van der Waals surface area (Å²) < 4.78 is 41.7. The van der Waals surface area contributed by atoms with Crippen LogP contribution < -0.4 is 0 Å². The van der Waals surface area contributed by atoms with Crippen LogP contribution in [0, 0.1) is 10.3 Å². The Labute approximate surface area is 249 Å². The van der Waals surface area contributed by atoms with Crippen molar-refractivity contribution in [3.63, 3.8) is 0 Å². The third-order valence-corrected chi connectivity index (χ3v) is 18.7. The number of aromatic nitrogens is 2. The Balaban J connectivity index is 1.04. The number of hydrogen-bond donors (Lipinski definition) is 0. The Bertz CT molecular complexity index is 2350. The largest absolute Gasteiger partial charge is 0.222 e. The zero-order valence-electron chi connectivity index (χ0n) is 18.0. The van der Waals surface area contributed by atoms with Crippen molar-refractivity contribution in [2.24, 2.45) is 0 Å². The van der Waals surface area contributed by atoms with E-state index in [2.05, 4.69) is 12.1 Å². The van der Waals surface area contributed by atoms with E-state index in [-0.39, 0.29) is 10.3 Å². The van der Waals surface area contributed by atoms with E-state index < -0.39 is 0 Å². The number of hydrogen-bond acceptors (Lipinski definition) is 12. The molecule has 0 saturated heterocycles. The smallest absolute Gasteiger partial charge is 0.178 e. The van der Waals surface area contributed by atoms with Crippen LogP contribution in [0.3, 0.4) is 0 Å². The molecule has 0 spiro atoms. The highest BCUT2D eigenvalue weighted by Crippen LogP contribution is 2.53. The van der Waals surface area contributed by atoms with Crippen LogP contribution in [0.2, 0.25) is 0 Å². The Morgan fingerprint density at radius 3 is 1.18 bits per heavy atom. The summed E-state index contributed by atoms with van der Waals surface area (Å²) in [6.07, 6.45) is 0. The number of nitrogens with zero attached hydrogens (tertiary/aromatic N) is 2. The quantitative estimate of drug-likeness (QED) is 0.182. The van der Waals surface area contributed by atoms with Crippen molar-refractivity contribution >= 4 is 179 Å². The molecule has 0 saturated carbocycles. The summed E-state index contributed by atoms with van der Waals surface area (Å²) in [4.78, 5) is 14.2. The molecule has 0 aliphatic rings. The van der Waals surface area contributed by atoms with E-state index in [9.17, 15) is 8.78 Å². The molecule has 10 rings (SSSR count). The van der Waals surface area contributed by atoms with E-state index >= 15 is 0 Å². The van der Waals surface area contributed by atoms with Gasteiger partial charge in [0.05, 0.1) is 56.8 Å². The van der Waals surface area contributed by atoms with Gasteiger partial charge < -0.3 is 0 Å². The SMILES string of the molecule is Fc1cc2sc3c4sc(-c5nc6sc(-c7cc8sc9c%10sc(F)cc%10sc9c8s7)nc6s5)cc4sc3c2s1. The first-order valence-corrected chi connectivity index (χ1v) is 19.1. The molecular formula is C24H4F2N2S10. The first-order chi connectivity index (χ1) is 18.6. The predicted octanol–water partition coefficient (Wildman–Crippen LogP) is 12.8. The van der Waals surface area contributed by atoms with Gasteiger partial charge >= 0.3 is 0 Å². The Hall–Kier alpha value is -1.46. The zero-order valence-corrected chi connectivity index (χ0v) is 26.2. The van der Waals surface area contributed by atoms with Crippen LogP contribution in [-0.2, 0) is 0 Å². The van der Waals surface area contributed by atoms with Gasteiger partial charge in [-0.15, -0.1) is 90.7 Å². The fourth-order valence-corrected chi connectivity index (χ4v) is 17.5. The molecule has 0 fully saturated rings. The molecule has 2 nitrogen and oxygen atoms in total. The van der Waals surface area contributed by atoms with E-state index in [0.29, 0.717) is 0 Å². The summed E-state index contributed by atoms with van der Waals surface area (Å²) in [5, 5.41) is 1.80. The van der Waals surface area contributed by atoms with Crippen molar-refractivity contribution < 1.29 is 8.78 Å². The fourth-order valence-electron chi connectivity index (χ4n) is 4.66. The van der Waals surface area contributed by atoms with E-state index in [1.54, 1.807) is 103 Å². The van der Waals surface area contributed by atoms with Gasteiger partial charge in [-0.05, 0) is 12.1 Å². The average Bonchev–Trinajstić information content (AvgIpc) is 3.67. The minimum absolute atomic E-state index is 0.112. The van der Waals surface area contributed by atoms with Crippen LogP contribution in [0.15, 0.2) is 24.3 Å². The summed E-state index contributed by atoms with van der Waals surface area (Å²) in [6, 6.07) is 7.76. The highest BCUT2D eigenvalue weighted by Gasteiger charge is 2.22. The molecule has 0 N–H and O–H groups in total. The highest BCUT2D eigenvalue weighted by atomic mass is 32.1. The maximum absolute atomic E-state index is 13.7. The van der Waals surface area contributed by atoms with Crippen molar-refractivity contribution in [1.29, 1.82) is 0 Å². The number of rotatable bonds is 2. The molecule has 0 amide bonds. The van der Waals surface area contributed by atoms with Crippen LogP contribution in [0.1, 0.15) is 0 Å². The second kappa shape index (κ2) is 7.63. The van der Waals surface area contributed by atoms with Gasteiger partial charge in [0.25, 0.3) is 0 Å². The van der Waals surface area contributed by atoms with Gasteiger partial charge in [-0.25, -0.2) is 9.97 Å². The molecule has 10 aromatic rings. The summed E-state index contributed by atoms with van der Waals surface area (Å²) in [7, 11) is 0. The highest BCUT2D eigenvalue weighted by molar-refractivity contribution is 7.46. The van der Waals surface area contributed by atoms with Gasteiger partial charge in [0.15, 0.2) is 19.9 Å². The van der Waals surface area contributed by atoms with Gasteiger partial charge in [-0.2, -0.15) is 8.78 Å². The molecule has 38 heavy (non-hydrogen) atoms. The summed E-state index contributed by atoms with van der Waals surface area (Å²) >= 11 is 16.2. The standard InChI is InChI=1S/C24H4F2N2S10/c25-11-3-7-15(35-11)19-17(31-7)13-5(29-19)1-9(33-13)21-27-23-24(37-21)28-22(38-23)10-2-6-14(34-10)18-20(30-6)16-8(32-18)4-12(26)36-16/h1-4H. The molecule has 184 valence electrons. The van der Waals surface area contributed by atoms with Crippen molar-refractivity contribution in [3.8, 4) is 19.8 Å². The fraction of sp³-hybridized carbons (Fsp3) is 0. The molecule has 0 bridgehead atoms. The second-order valence-electron chi connectivity index (χ2n) is 8.47. The molecular weight excluding hydrogens is 675 g/mol. The monoisotopic (exact) mass is 678 g/mol. The minimum Gasteiger partial charge on any atom is -0.222 e.